The molecule has 39 heavy (non-hydrogen) atoms. The normalized spacial score (nSPS) is 11.7. The summed E-state index contributed by atoms with van der Waals surface area (Å²) in [7, 11) is 1.54. The minimum absolute atomic E-state index is 0. The highest BCUT2D eigenvalue weighted by Crippen LogP contribution is 2.28. The number of methoxy groups -OCH3 is 1. The molecule has 0 spiro atoms. The number of rotatable bonds is 11. The quantitative estimate of drug-likeness (QED) is 0.172. The summed E-state index contributed by atoms with van der Waals surface area (Å²) < 4.78 is 22.5. The topological polar surface area (TPSA) is 66.9 Å². The van der Waals surface area contributed by atoms with Crippen molar-refractivity contribution in [1.82, 2.24) is 4.98 Å². The second-order valence-electron chi connectivity index (χ2n) is 8.41. The SMILES string of the molecule is CCOC(=O)c1cc(OC)ccc1OC[C@H](OCC)c1cccc(/C=C/c2ccc3ccc(Cl)cc3n2)c1.Cl. The first-order valence-electron chi connectivity index (χ1n) is 12.4. The molecule has 0 N–H and O–H groups in total. The molecule has 1 aromatic heterocycles. The molecule has 0 amide bonds. The second-order valence-corrected chi connectivity index (χ2v) is 8.85. The standard InChI is InChI=1S/C31H30ClNO5.ClH/c1-4-36-30(20-38-29-16-15-26(35-3)19-27(29)31(34)37-5-2)23-8-6-7-21(17-23)9-13-25-14-11-22-10-12-24(32)18-28(22)33-25;/h6-19,30H,4-5,20H2,1-3H3;1H/b13-9+;/t30-;/m0./s1. The minimum atomic E-state index is -0.467. The van der Waals surface area contributed by atoms with Crippen molar-refractivity contribution in [3.63, 3.8) is 0 Å². The Balaban J connectivity index is 0.00000420. The highest BCUT2D eigenvalue weighted by molar-refractivity contribution is 6.31. The van der Waals surface area contributed by atoms with Crippen LogP contribution in [0.25, 0.3) is 23.1 Å². The predicted octanol–water partition coefficient (Wildman–Crippen LogP) is 7.82. The molecule has 0 fully saturated rings. The summed E-state index contributed by atoms with van der Waals surface area (Å²) in [6.07, 6.45) is 3.63. The van der Waals surface area contributed by atoms with Crippen molar-refractivity contribution in [1.29, 1.82) is 0 Å². The number of ether oxygens (including phenoxy) is 4. The van der Waals surface area contributed by atoms with E-state index in [0.717, 1.165) is 27.7 Å². The van der Waals surface area contributed by atoms with E-state index in [2.05, 4.69) is 11.1 Å². The van der Waals surface area contributed by atoms with Crippen molar-refractivity contribution >= 4 is 53.0 Å². The molecule has 1 heterocycles. The summed E-state index contributed by atoms with van der Waals surface area (Å²) >= 11 is 6.12. The van der Waals surface area contributed by atoms with Gasteiger partial charge < -0.3 is 18.9 Å². The van der Waals surface area contributed by atoms with E-state index in [4.69, 9.17) is 30.5 Å². The molecule has 0 aliphatic heterocycles. The molecule has 0 radical (unpaired) electrons. The average molecular weight is 568 g/mol. The molecular weight excluding hydrogens is 537 g/mol. The number of halogens is 2. The van der Waals surface area contributed by atoms with E-state index in [9.17, 15) is 4.79 Å². The van der Waals surface area contributed by atoms with E-state index >= 15 is 0 Å². The first-order valence-corrected chi connectivity index (χ1v) is 12.8. The molecule has 4 rings (SSSR count). The van der Waals surface area contributed by atoms with Gasteiger partial charge in [0.25, 0.3) is 0 Å². The molecule has 0 unspecified atom stereocenters. The van der Waals surface area contributed by atoms with Crippen LogP contribution in [0.5, 0.6) is 11.5 Å². The number of esters is 1. The summed E-state index contributed by atoms with van der Waals surface area (Å²) in [4.78, 5) is 17.2. The van der Waals surface area contributed by atoms with Crippen LogP contribution in [-0.2, 0) is 9.47 Å². The van der Waals surface area contributed by atoms with Gasteiger partial charge in [-0.05, 0) is 73.5 Å². The summed E-state index contributed by atoms with van der Waals surface area (Å²) in [5.41, 5.74) is 3.95. The molecule has 3 aromatic carbocycles. The third-order valence-corrected chi connectivity index (χ3v) is 6.08. The molecule has 6 nitrogen and oxygen atoms in total. The lowest BCUT2D eigenvalue weighted by Crippen LogP contribution is -2.16. The van der Waals surface area contributed by atoms with Crippen LogP contribution >= 0.6 is 24.0 Å². The number of nitrogens with zero attached hydrogens (tertiary/aromatic N) is 1. The Bertz CT molecular complexity index is 1440. The van der Waals surface area contributed by atoms with Crippen molar-refractivity contribution in [2.75, 3.05) is 26.9 Å². The molecule has 0 aliphatic carbocycles. The Morgan fingerprint density at radius 3 is 2.56 bits per heavy atom. The van der Waals surface area contributed by atoms with Crippen LogP contribution in [0.1, 0.15) is 47.1 Å². The predicted molar refractivity (Wildman–Crippen MR) is 158 cm³/mol. The van der Waals surface area contributed by atoms with Gasteiger partial charge in [-0.25, -0.2) is 9.78 Å². The molecule has 204 valence electrons. The maximum Gasteiger partial charge on any atom is 0.342 e. The van der Waals surface area contributed by atoms with Crippen molar-refractivity contribution in [3.05, 3.63) is 100 Å². The van der Waals surface area contributed by atoms with Gasteiger partial charge in [-0.1, -0.05) is 48.0 Å². The summed E-state index contributed by atoms with van der Waals surface area (Å²) in [6.45, 7) is 4.68. The van der Waals surface area contributed by atoms with Crippen LogP contribution in [0.3, 0.4) is 0 Å². The smallest absolute Gasteiger partial charge is 0.342 e. The van der Waals surface area contributed by atoms with E-state index in [-0.39, 0.29) is 31.7 Å². The number of fused-ring (bicyclic) bond motifs is 1. The molecule has 8 heteroatoms. The number of carbonyl (C=O) groups is 1. The zero-order valence-corrected chi connectivity index (χ0v) is 23.6. The van der Waals surface area contributed by atoms with E-state index in [1.807, 2.05) is 67.6 Å². The van der Waals surface area contributed by atoms with Gasteiger partial charge in [-0.3, -0.25) is 0 Å². The van der Waals surface area contributed by atoms with Crippen molar-refractivity contribution in [2.45, 2.75) is 20.0 Å². The number of aromatic nitrogens is 1. The number of benzene rings is 3. The summed E-state index contributed by atoms with van der Waals surface area (Å²) in [5, 5.41) is 1.70. The zero-order chi connectivity index (χ0) is 26.9. The third-order valence-electron chi connectivity index (χ3n) is 5.84. The fourth-order valence-electron chi connectivity index (χ4n) is 3.98. The van der Waals surface area contributed by atoms with Crippen LogP contribution < -0.4 is 9.47 Å². The average Bonchev–Trinajstić information content (AvgIpc) is 2.94. The molecule has 0 aliphatic rings. The molecule has 0 saturated carbocycles. The highest BCUT2D eigenvalue weighted by Gasteiger charge is 2.18. The van der Waals surface area contributed by atoms with E-state index in [1.165, 1.54) is 0 Å². The van der Waals surface area contributed by atoms with Gasteiger partial charge >= 0.3 is 5.97 Å². The third kappa shape index (κ3) is 7.96. The molecule has 4 aromatic rings. The highest BCUT2D eigenvalue weighted by atomic mass is 35.5. The Kier molecular flexibility index (Phi) is 11.2. The summed E-state index contributed by atoms with van der Waals surface area (Å²) in [6, 6.07) is 22.8. The minimum Gasteiger partial charge on any atom is -0.497 e. The van der Waals surface area contributed by atoms with Crippen molar-refractivity contribution < 1.29 is 23.7 Å². The number of hydrogen-bond donors (Lipinski definition) is 0. The molecule has 0 saturated heterocycles. The zero-order valence-electron chi connectivity index (χ0n) is 22.1. The van der Waals surface area contributed by atoms with Gasteiger partial charge in [0.05, 0.1) is 24.9 Å². The molecule has 1 atom stereocenters. The first-order chi connectivity index (χ1) is 18.5. The maximum absolute atomic E-state index is 12.5. The lowest BCUT2D eigenvalue weighted by molar-refractivity contribution is 0.0255. The molecular formula is C31H31Cl2NO5. The van der Waals surface area contributed by atoms with E-state index in [1.54, 1.807) is 32.2 Å². The Hall–Kier alpha value is -3.58. The number of pyridine rings is 1. The molecule has 0 bridgehead atoms. The van der Waals surface area contributed by atoms with Gasteiger partial charge in [-0.15, -0.1) is 12.4 Å². The summed E-state index contributed by atoms with van der Waals surface area (Å²) in [5.74, 6) is 0.490. The van der Waals surface area contributed by atoms with Crippen molar-refractivity contribution in [3.8, 4) is 11.5 Å². The first kappa shape index (κ1) is 30.0. The van der Waals surface area contributed by atoms with Gasteiger partial charge in [0, 0.05) is 17.0 Å². The fraction of sp³-hybridized carbons (Fsp3) is 0.226. The number of carbonyl (C=O) groups excluding carboxylic acids is 1. The Morgan fingerprint density at radius 1 is 0.974 bits per heavy atom. The van der Waals surface area contributed by atoms with Gasteiger partial charge in [-0.2, -0.15) is 0 Å². The van der Waals surface area contributed by atoms with Crippen LogP contribution in [0.4, 0.5) is 0 Å². The van der Waals surface area contributed by atoms with Gasteiger partial charge in [0.2, 0.25) is 0 Å². The second kappa shape index (κ2) is 14.5. The van der Waals surface area contributed by atoms with Gasteiger partial charge in [0.1, 0.15) is 29.8 Å². The van der Waals surface area contributed by atoms with Crippen LogP contribution in [0, 0.1) is 0 Å². The Labute approximate surface area is 239 Å². The van der Waals surface area contributed by atoms with E-state index in [0.29, 0.717) is 28.7 Å². The Morgan fingerprint density at radius 2 is 1.79 bits per heavy atom. The van der Waals surface area contributed by atoms with Crippen LogP contribution in [0.15, 0.2) is 72.8 Å². The van der Waals surface area contributed by atoms with Crippen LogP contribution in [-0.4, -0.2) is 37.9 Å². The van der Waals surface area contributed by atoms with E-state index < -0.39 is 5.97 Å². The van der Waals surface area contributed by atoms with Crippen molar-refractivity contribution in [2.24, 2.45) is 0 Å². The largest absolute Gasteiger partial charge is 0.497 e. The lowest BCUT2D eigenvalue weighted by atomic mass is 10.1. The number of hydrogen-bond acceptors (Lipinski definition) is 6. The van der Waals surface area contributed by atoms with Gasteiger partial charge in [0.15, 0.2) is 0 Å². The maximum atomic E-state index is 12.5. The monoisotopic (exact) mass is 567 g/mol. The van der Waals surface area contributed by atoms with Crippen LogP contribution in [0.2, 0.25) is 5.02 Å². The lowest BCUT2D eigenvalue weighted by Gasteiger charge is -2.20. The fourth-order valence-corrected chi connectivity index (χ4v) is 4.15.